The summed E-state index contributed by atoms with van der Waals surface area (Å²) in [7, 11) is 1.55. The first-order chi connectivity index (χ1) is 21.7. The molecule has 2 heterocycles. The van der Waals surface area contributed by atoms with Gasteiger partial charge in [-0.2, -0.15) is 0 Å². The lowest BCUT2D eigenvalue weighted by Crippen LogP contribution is -2.57. The summed E-state index contributed by atoms with van der Waals surface area (Å²) >= 11 is 0. The highest BCUT2D eigenvalue weighted by atomic mass is 16.5. The van der Waals surface area contributed by atoms with Gasteiger partial charge in [0.1, 0.15) is 29.6 Å². The van der Waals surface area contributed by atoms with Crippen molar-refractivity contribution >= 4 is 29.5 Å². The molecule has 0 unspecified atom stereocenters. The largest absolute Gasteiger partial charge is 0.497 e. The summed E-state index contributed by atoms with van der Waals surface area (Å²) in [6.07, 6.45) is 0.416. The molecule has 4 atom stereocenters. The Kier molecular flexibility index (Phi) is 12.7. The first-order valence-corrected chi connectivity index (χ1v) is 15.8. The minimum Gasteiger partial charge on any atom is -0.497 e. The summed E-state index contributed by atoms with van der Waals surface area (Å²) in [4.78, 5) is 69.0. The molecule has 3 rings (SSSR count). The summed E-state index contributed by atoms with van der Waals surface area (Å²) in [5.74, 6) is -1.71. The quantitative estimate of drug-likeness (QED) is 0.340. The van der Waals surface area contributed by atoms with Crippen molar-refractivity contribution in [1.82, 2.24) is 31.3 Å². The molecule has 1 aromatic carbocycles. The zero-order valence-corrected chi connectivity index (χ0v) is 28.0. The molecule has 13 nitrogen and oxygen atoms in total. The molecule has 252 valence electrons. The van der Waals surface area contributed by atoms with Gasteiger partial charge < -0.3 is 35.4 Å². The van der Waals surface area contributed by atoms with E-state index in [9.17, 15) is 24.0 Å². The number of carbonyl (C=O) groups is 5. The molecule has 0 radical (unpaired) electrons. The van der Waals surface area contributed by atoms with E-state index in [-0.39, 0.29) is 42.8 Å². The molecular formula is C33H48N6O7. The molecule has 5 amide bonds. The first-order valence-electron chi connectivity index (χ1n) is 15.8. The third-order valence-corrected chi connectivity index (χ3v) is 7.83. The average molecular weight is 641 g/mol. The van der Waals surface area contributed by atoms with Gasteiger partial charge in [-0.3, -0.25) is 24.0 Å². The van der Waals surface area contributed by atoms with Crippen LogP contribution in [0.3, 0.4) is 0 Å². The number of hydrogen-bond acceptors (Lipinski definition) is 8. The van der Waals surface area contributed by atoms with Crippen LogP contribution in [0.4, 0.5) is 0 Å². The number of nitrogens with zero attached hydrogens (tertiary/aromatic N) is 2. The zero-order valence-electron chi connectivity index (χ0n) is 28.0. The number of amides is 5. The van der Waals surface area contributed by atoms with Gasteiger partial charge in [-0.15, -0.1) is 0 Å². The molecule has 0 bridgehead atoms. The number of carbonyl (C=O) groups excluding carboxylic acids is 5. The molecule has 1 fully saturated rings. The minimum atomic E-state index is -1.05. The molecule has 2 aromatic rings. The van der Waals surface area contributed by atoms with Crippen molar-refractivity contribution in [2.75, 3.05) is 20.2 Å². The van der Waals surface area contributed by atoms with E-state index in [0.29, 0.717) is 11.5 Å². The maximum Gasteiger partial charge on any atom is 0.276 e. The van der Waals surface area contributed by atoms with Crippen molar-refractivity contribution in [3.63, 3.8) is 0 Å². The number of rotatable bonds is 8. The molecule has 0 aliphatic carbocycles. The van der Waals surface area contributed by atoms with Crippen LogP contribution in [0.1, 0.15) is 82.6 Å². The van der Waals surface area contributed by atoms with E-state index >= 15 is 0 Å². The van der Waals surface area contributed by atoms with Crippen LogP contribution < -0.4 is 26.0 Å². The highest BCUT2D eigenvalue weighted by Crippen LogP contribution is 2.18. The Bertz CT molecular complexity index is 1370. The van der Waals surface area contributed by atoms with Gasteiger partial charge >= 0.3 is 0 Å². The highest BCUT2D eigenvalue weighted by Gasteiger charge is 2.33. The standard InChI is InChI=1S/C33H48N6O7/c1-18(2)13-24-32(43)36-25(14-22-9-11-23(45-8)12-10-22)31(42)34-21(7)30(41)37-27(19(3)4)16-39(17-29(40)35-24)33(44)26-15-28(20(5)6)46-38-26/h9-12,15,18-21,24-25,27H,13-14,16-17H2,1-8H3,(H,34,42)(H,35,40)(H,36,43)(H,37,41)/t21-,24+,25+,27-/m1/s1. The number of methoxy groups -OCH3 is 1. The Morgan fingerprint density at radius 3 is 2.15 bits per heavy atom. The molecule has 4 N–H and O–H groups in total. The second-order valence-electron chi connectivity index (χ2n) is 12.9. The van der Waals surface area contributed by atoms with Crippen molar-refractivity contribution in [1.29, 1.82) is 0 Å². The van der Waals surface area contributed by atoms with E-state index < -0.39 is 60.2 Å². The van der Waals surface area contributed by atoms with Crippen LogP contribution in [-0.4, -0.2) is 84.0 Å². The van der Waals surface area contributed by atoms with Gasteiger partial charge in [-0.05, 0) is 42.9 Å². The average Bonchev–Trinajstić information content (AvgIpc) is 3.49. The number of benzene rings is 1. The normalized spacial score (nSPS) is 22.1. The van der Waals surface area contributed by atoms with Crippen molar-refractivity contribution in [3.05, 3.63) is 47.3 Å². The summed E-state index contributed by atoms with van der Waals surface area (Å²) in [6.45, 7) is 12.5. The van der Waals surface area contributed by atoms with Gasteiger partial charge in [0.2, 0.25) is 23.6 Å². The van der Waals surface area contributed by atoms with Gasteiger partial charge in [0, 0.05) is 31.0 Å². The van der Waals surface area contributed by atoms with Crippen LogP contribution in [0.2, 0.25) is 0 Å². The summed E-state index contributed by atoms with van der Waals surface area (Å²) in [5, 5.41) is 15.2. The van der Waals surface area contributed by atoms with Crippen molar-refractivity contribution in [2.24, 2.45) is 11.8 Å². The number of aromatic nitrogens is 1. The molecule has 1 aliphatic heterocycles. The minimum absolute atomic E-state index is 0.0106. The van der Waals surface area contributed by atoms with Crippen LogP contribution in [0.5, 0.6) is 5.75 Å². The summed E-state index contributed by atoms with van der Waals surface area (Å²) < 4.78 is 10.6. The van der Waals surface area contributed by atoms with E-state index in [2.05, 4.69) is 26.4 Å². The lowest BCUT2D eigenvalue weighted by atomic mass is 10.0. The monoisotopic (exact) mass is 640 g/mol. The first kappa shape index (κ1) is 36.1. The summed E-state index contributed by atoms with van der Waals surface area (Å²) in [5.41, 5.74) is 0.782. The van der Waals surface area contributed by atoms with Crippen LogP contribution >= 0.6 is 0 Å². The Morgan fingerprint density at radius 1 is 0.935 bits per heavy atom. The Labute approximate surface area is 270 Å². The Hall–Kier alpha value is -4.42. The van der Waals surface area contributed by atoms with Crippen molar-refractivity contribution < 1.29 is 33.2 Å². The van der Waals surface area contributed by atoms with Gasteiger partial charge in [0.15, 0.2) is 5.69 Å². The van der Waals surface area contributed by atoms with Crippen LogP contribution in [0, 0.1) is 11.8 Å². The molecule has 1 aliphatic rings. The van der Waals surface area contributed by atoms with Gasteiger partial charge in [-0.25, -0.2) is 0 Å². The molecule has 1 saturated heterocycles. The number of hydrogen-bond donors (Lipinski definition) is 4. The Balaban J connectivity index is 1.99. The highest BCUT2D eigenvalue weighted by molar-refractivity contribution is 5.97. The van der Waals surface area contributed by atoms with Gasteiger partial charge in [0.25, 0.3) is 5.91 Å². The topological polar surface area (TPSA) is 172 Å². The van der Waals surface area contributed by atoms with Crippen LogP contribution in [-0.2, 0) is 25.6 Å². The fraction of sp³-hybridized carbons (Fsp3) is 0.576. The van der Waals surface area contributed by atoms with Gasteiger partial charge in [0.05, 0.1) is 13.7 Å². The maximum atomic E-state index is 13.7. The molecular weight excluding hydrogens is 592 g/mol. The van der Waals surface area contributed by atoms with Gasteiger partial charge in [-0.1, -0.05) is 58.8 Å². The van der Waals surface area contributed by atoms with E-state index in [1.807, 2.05) is 41.5 Å². The molecule has 13 heteroatoms. The third kappa shape index (κ3) is 10.0. The van der Waals surface area contributed by atoms with E-state index in [0.717, 1.165) is 5.56 Å². The van der Waals surface area contributed by atoms with Crippen molar-refractivity contribution in [2.45, 2.75) is 91.4 Å². The van der Waals surface area contributed by atoms with E-state index in [4.69, 9.17) is 9.26 Å². The predicted molar refractivity (Wildman–Crippen MR) is 171 cm³/mol. The zero-order chi connectivity index (χ0) is 34.1. The lowest BCUT2D eigenvalue weighted by Gasteiger charge is -2.30. The van der Waals surface area contributed by atoms with E-state index in [1.54, 1.807) is 44.4 Å². The second-order valence-corrected chi connectivity index (χ2v) is 12.9. The number of ether oxygens (including phenoxy) is 1. The number of nitrogens with one attached hydrogen (secondary N) is 4. The fourth-order valence-electron chi connectivity index (χ4n) is 4.99. The maximum absolute atomic E-state index is 13.7. The SMILES string of the molecule is COc1ccc(C[C@@H]2NC(=O)[C@H](CC(C)C)NC(=O)CN(C(=O)c3cc(C(C)C)on3)C[C@H](C(C)C)NC(=O)[C@@H](C)NC2=O)cc1. The molecule has 1 aromatic heterocycles. The van der Waals surface area contributed by atoms with Crippen LogP contribution in [0.25, 0.3) is 0 Å². The van der Waals surface area contributed by atoms with E-state index in [1.165, 1.54) is 4.90 Å². The Morgan fingerprint density at radius 2 is 1.59 bits per heavy atom. The molecule has 0 spiro atoms. The fourth-order valence-corrected chi connectivity index (χ4v) is 4.99. The second kappa shape index (κ2) is 16.2. The van der Waals surface area contributed by atoms with Crippen molar-refractivity contribution in [3.8, 4) is 5.75 Å². The third-order valence-electron chi connectivity index (χ3n) is 7.83. The summed E-state index contributed by atoms with van der Waals surface area (Å²) in [6, 6.07) is 5.04. The smallest absolute Gasteiger partial charge is 0.276 e. The predicted octanol–water partition coefficient (Wildman–Crippen LogP) is 2.17. The van der Waals surface area contributed by atoms with Crippen LogP contribution in [0.15, 0.2) is 34.9 Å². The molecule has 0 saturated carbocycles. The lowest BCUT2D eigenvalue weighted by molar-refractivity contribution is -0.133. The molecule has 46 heavy (non-hydrogen) atoms.